The molecule has 0 radical (unpaired) electrons. The number of aromatic nitrogens is 2. The van der Waals surface area contributed by atoms with E-state index in [0.717, 1.165) is 32.6 Å². The standard InChI is InChI=1S/C10H20N4/c1-13(2)8-5-11-4-3-7-14-9-6-12-10-14/h6,9-11H,3-5,7-8H2,1-2H3. The van der Waals surface area contributed by atoms with E-state index >= 15 is 0 Å². The smallest absolute Gasteiger partial charge is 0.0945 e. The van der Waals surface area contributed by atoms with Gasteiger partial charge in [0.25, 0.3) is 0 Å². The van der Waals surface area contributed by atoms with Crippen molar-refractivity contribution < 1.29 is 0 Å². The van der Waals surface area contributed by atoms with Gasteiger partial charge in [0.2, 0.25) is 0 Å². The summed E-state index contributed by atoms with van der Waals surface area (Å²) in [6, 6.07) is 0. The van der Waals surface area contributed by atoms with Crippen LogP contribution in [0.25, 0.3) is 0 Å². The van der Waals surface area contributed by atoms with Crippen molar-refractivity contribution in [3.8, 4) is 0 Å². The second kappa shape index (κ2) is 6.56. The summed E-state index contributed by atoms with van der Waals surface area (Å²) in [7, 11) is 4.18. The van der Waals surface area contributed by atoms with Gasteiger partial charge in [-0.05, 0) is 27.1 Å². The number of nitrogens with one attached hydrogen (secondary N) is 1. The number of rotatable bonds is 7. The van der Waals surface area contributed by atoms with Crippen LogP contribution in [-0.2, 0) is 6.54 Å². The molecule has 0 aliphatic heterocycles. The van der Waals surface area contributed by atoms with E-state index in [-0.39, 0.29) is 0 Å². The first-order valence-electron chi connectivity index (χ1n) is 5.10. The molecule has 0 fully saturated rings. The Labute approximate surface area is 85.9 Å². The van der Waals surface area contributed by atoms with Crippen molar-refractivity contribution in [1.82, 2.24) is 19.8 Å². The summed E-state index contributed by atoms with van der Waals surface area (Å²) in [6.45, 7) is 4.29. The van der Waals surface area contributed by atoms with Crippen LogP contribution in [0, 0.1) is 0 Å². The summed E-state index contributed by atoms with van der Waals surface area (Å²) < 4.78 is 2.10. The Hall–Kier alpha value is -0.870. The molecular formula is C10H20N4. The van der Waals surface area contributed by atoms with Gasteiger partial charge in [-0.25, -0.2) is 4.98 Å². The van der Waals surface area contributed by atoms with Crippen LogP contribution in [0.5, 0.6) is 0 Å². The number of hydrogen-bond acceptors (Lipinski definition) is 3. The highest BCUT2D eigenvalue weighted by molar-refractivity contribution is 4.73. The average molecular weight is 196 g/mol. The van der Waals surface area contributed by atoms with Crippen LogP contribution in [0.15, 0.2) is 18.7 Å². The number of imidazole rings is 1. The average Bonchev–Trinajstić information content (AvgIpc) is 2.63. The van der Waals surface area contributed by atoms with Crippen molar-refractivity contribution in [1.29, 1.82) is 0 Å². The van der Waals surface area contributed by atoms with Gasteiger partial charge in [0, 0.05) is 32.0 Å². The molecule has 1 aromatic rings. The highest BCUT2D eigenvalue weighted by Gasteiger charge is 1.91. The highest BCUT2D eigenvalue weighted by Crippen LogP contribution is 1.88. The van der Waals surface area contributed by atoms with Crippen LogP contribution < -0.4 is 5.32 Å². The zero-order chi connectivity index (χ0) is 10.2. The molecule has 0 aromatic carbocycles. The van der Waals surface area contributed by atoms with Crippen molar-refractivity contribution in [2.45, 2.75) is 13.0 Å². The molecule has 0 spiro atoms. The molecule has 0 aliphatic rings. The third-order valence-electron chi connectivity index (χ3n) is 2.06. The Morgan fingerprint density at radius 2 is 2.21 bits per heavy atom. The molecule has 0 amide bonds. The Bertz CT molecular complexity index is 218. The molecule has 0 aliphatic carbocycles. The molecule has 4 nitrogen and oxygen atoms in total. The number of aryl methyl sites for hydroxylation is 1. The van der Waals surface area contributed by atoms with E-state index in [2.05, 4.69) is 33.9 Å². The second-order valence-electron chi connectivity index (χ2n) is 3.71. The summed E-state index contributed by atoms with van der Waals surface area (Å²) in [6.07, 6.45) is 6.84. The lowest BCUT2D eigenvalue weighted by Gasteiger charge is -2.10. The summed E-state index contributed by atoms with van der Waals surface area (Å²) >= 11 is 0. The minimum Gasteiger partial charge on any atom is -0.337 e. The van der Waals surface area contributed by atoms with Gasteiger partial charge in [0.15, 0.2) is 0 Å². The van der Waals surface area contributed by atoms with E-state index in [1.807, 2.05) is 18.7 Å². The minimum absolute atomic E-state index is 1.05. The molecule has 1 N–H and O–H groups in total. The first-order chi connectivity index (χ1) is 6.79. The second-order valence-corrected chi connectivity index (χ2v) is 3.71. The van der Waals surface area contributed by atoms with Crippen molar-refractivity contribution in [3.63, 3.8) is 0 Å². The Balaban J connectivity index is 1.90. The van der Waals surface area contributed by atoms with Crippen LogP contribution in [0.1, 0.15) is 6.42 Å². The van der Waals surface area contributed by atoms with Crippen LogP contribution in [-0.4, -0.2) is 48.2 Å². The third kappa shape index (κ3) is 4.99. The van der Waals surface area contributed by atoms with Gasteiger partial charge in [-0.3, -0.25) is 0 Å². The molecule has 0 unspecified atom stereocenters. The summed E-state index contributed by atoms with van der Waals surface area (Å²) in [4.78, 5) is 6.18. The molecule has 0 atom stereocenters. The number of nitrogens with zero attached hydrogens (tertiary/aromatic N) is 3. The van der Waals surface area contributed by atoms with E-state index in [4.69, 9.17) is 0 Å². The van der Waals surface area contributed by atoms with Gasteiger partial charge < -0.3 is 14.8 Å². The van der Waals surface area contributed by atoms with Gasteiger partial charge >= 0.3 is 0 Å². The summed E-state index contributed by atoms with van der Waals surface area (Å²) in [5, 5.41) is 3.40. The molecule has 1 rings (SSSR count). The number of hydrogen-bond donors (Lipinski definition) is 1. The van der Waals surface area contributed by atoms with Gasteiger partial charge in [-0.2, -0.15) is 0 Å². The van der Waals surface area contributed by atoms with Crippen LogP contribution >= 0.6 is 0 Å². The van der Waals surface area contributed by atoms with E-state index < -0.39 is 0 Å². The largest absolute Gasteiger partial charge is 0.337 e. The quantitative estimate of drug-likeness (QED) is 0.642. The first-order valence-corrected chi connectivity index (χ1v) is 5.10. The fraction of sp³-hybridized carbons (Fsp3) is 0.700. The lowest BCUT2D eigenvalue weighted by molar-refractivity contribution is 0.398. The summed E-state index contributed by atoms with van der Waals surface area (Å²) in [5.74, 6) is 0. The molecule has 14 heavy (non-hydrogen) atoms. The zero-order valence-electron chi connectivity index (χ0n) is 9.11. The van der Waals surface area contributed by atoms with Gasteiger partial charge in [-0.1, -0.05) is 0 Å². The topological polar surface area (TPSA) is 33.1 Å². The molecular weight excluding hydrogens is 176 g/mol. The van der Waals surface area contributed by atoms with Crippen LogP contribution in [0.4, 0.5) is 0 Å². The van der Waals surface area contributed by atoms with Gasteiger partial charge in [0.1, 0.15) is 0 Å². The minimum atomic E-state index is 1.05. The van der Waals surface area contributed by atoms with Gasteiger partial charge in [0.05, 0.1) is 6.33 Å². The van der Waals surface area contributed by atoms with E-state index in [1.54, 1.807) is 0 Å². The molecule has 1 heterocycles. The maximum atomic E-state index is 4.00. The summed E-state index contributed by atoms with van der Waals surface area (Å²) in [5.41, 5.74) is 0. The van der Waals surface area contributed by atoms with E-state index in [1.165, 1.54) is 0 Å². The third-order valence-corrected chi connectivity index (χ3v) is 2.06. The van der Waals surface area contributed by atoms with Crippen LogP contribution in [0.3, 0.4) is 0 Å². The normalized spacial score (nSPS) is 11.1. The Kier molecular flexibility index (Phi) is 5.25. The lowest BCUT2D eigenvalue weighted by Crippen LogP contribution is -2.27. The predicted molar refractivity (Wildman–Crippen MR) is 58.3 cm³/mol. The maximum Gasteiger partial charge on any atom is 0.0945 e. The molecule has 4 heteroatoms. The van der Waals surface area contributed by atoms with Crippen molar-refractivity contribution >= 4 is 0 Å². The maximum absolute atomic E-state index is 4.00. The predicted octanol–water partition coefficient (Wildman–Crippen LogP) is 0.424. The van der Waals surface area contributed by atoms with Crippen molar-refractivity contribution in [2.75, 3.05) is 33.7 Å². The fourth-order valence-electron chi connectivity index (χ4n) is 1.23. The van der Waals surface area contributed by atoms with Crippen LogP contribution in [0.2, 0.25) is 0 Å². The lowest BCUT2D eigenvalue weighted by atomic mass is 10.4. The SMILES string of the molecule is CN(C)CCNCCCn1ccnc1. The molecule has 1 aromatic heterocycles. The number of likely N-dealkylation sites (N-methyl/N-ethyl adjacent to an activating group) is 1. The van der Waals surface area contributed by atoms with E-state index in [0.29, 0.717) is 0 Å². The molecule has 80 valence electrons. The van der Waals surface area contributed by atoms with Crippen molar-refractivity contribution in [3.05, 3.63) is 18.7 Å². The van der Waals surface area contributed by atoms with Gasteiger partial charge in [-0.15, -0.1) is 0 Å². The zero-order valence-corrected chi connectivity index (χ0v) is 9.11. The molecule has 0 saturated heterocycles. The van der Waals surface area contributed by atoms with Crippen molar-refractivity contribution in [2.24, 2.45) is 0 Å². The highest BCUT2D eigenvalue weighted by atomic mass is 15.1. The molecule has 0 saturated carbocycles. The monoisotopic (exact) mass is 196 g/mol. The van der Waals surface area contributed by atoms with E-state index in [9.17, 15) is 0 Å². The molecule has 0 bridgehead atoms. The Morgan fingerprint density at radius 1 is 1.36 bits per heavy atom. The Morgan fingerprint density at radius 3 is 2.86 bits per heavy atom. The first kappa shape index (κ1) is 11.2. The fourth-order valence-corrected chi connectivity index (χ4v) is 1.23.